The average Bonchev–Trinajstić information content (AvgIpc) is 3.19. The zero-order chi connectivity index (χ0) is 18.8. The van der Waals surface area contributed by atoms with Crippen LogP contribution in [0.3, 0.4) is 0 Å². The van der Waals surface area contributed by atoms with Crippen molar-refractivity contribution < 1.29 is 13.7 Å². The van der Waals surface area contributed by atoms with Crippen LogP contribution >= 0.6 is 0 Å². The third-order valence-electron chi connectivity index (χ3n) is 4.42. The second kappa shape index (κ2) is 7.19. The molecule has 1 N–H and O–H groups in total. The zero-order valence-corrected chi connectivity index (χ0v) is 15.4. The van der Waals surface area contributed by atoms with Gasteiger partial charge < -0.3 is 14.3 Å². The highest BCUT2D eigenvalue weighted by Gasteiger charge is 2.23. The van der Waals surface area contributed by atoms with Crippen LogP contribution in [0.25, 0.3) is 11.1 Å². The molecule has 0 aliphatic rings. The fourth-order valence-corrected chi connectivity index (χ4v) is 2.71. The minimum absolute atomic E-state index is 0.104. The van der Waals surface area contributed by atoms with E-state index in [1.165, 1.54) is 0 Å². The fraction of sp³-hybridized carbons (Fsp3) is 0.421. The lowest BCUT2D eigenvalue weighted by atomic mass is 10.0. The fourth-order valence-electron chi connectivity index (χ4n) is 2.71. The van der Waals surface area contributed by atoms with Gasteiger partial charge in [-0.15, -0.1) is 0 Å². The highest BCUT2D eigenvalue weighted by Crippen LogP contribution is 2.16. The molecule has 0 aliphatic heterocycles. The summed E-state index contributed by atoms with van der Waals surface area (Å²) in [4.78, 5) is 24.7. The molecule has 3 rings (SSSR count). The second-order valence-corrected chi connectivity index (χ2v) is 7.04. The molecule has 0 aliphatic carbocycles. The van der Waals surface area contributed by atoms with E-state index in [1.807, 2.05) is 45.9 Å². The quantitative estimate of drug-likeness (QED) is 0.732. The minimum Gasteiger partial charge on any atom is -0.408 e. The van der Waals surface area contributed by atoms with Crippen LogP contribution in [0.2, 0.25) is 0 Å². The van der Waals surface area contributed by atoms with Crippen LogP contribution in [0, 0.1) is 5.92 Å². The minimum atomic E-state index is -0.437. The van der Waals surface area contributed by atoms with E-state index >= 15 is 0 Å². The van der Waals surface area contributed by atoms with Crippen molar-refractivity contribution in [2.24, 2.45) is 5.92 Å². The first-order chi connectivity index (χ1) is 12.4. The van der Waals surface area contributed by atoms with Gasteiger partial charge in [0.15, 0.2) is 5.58 Å². The third kappa shape index (κ3) is 3.56. The Bertz CT molecular complexity index is 964. The third-order valence-corrected chi connectivity index (χ3v) is 4.42. The number of fused-ring (bicyclic) bond motifs is 1. The molecule has 0 fully saturated rings. The molecule has 0 spiro atoms. The number of aromatic nitrogens is 2. The summed E-state index contributed by atoms with van der Waals surface area (Å²) >= 11 is 0. The van der Waals surface area contributed by atoms with E-state index < -0.39 is 5.76 Å². The first-order valence-corrected chi connectivity index (χ1v) is 8.72. The van der Waals surface area contributed by atoms with E-state index in [1.54, 1.807) is 16.7 Å². The molecular weight excluding hydrogens is 334 g/mol. The summed E-state index contributed by atoms with van der Waals surface area (Å²) in [6.45, 7) is 8.24. The van der Waals surface area contributed by atoms with Crippen LogP contribution in [-0.4, -0.2) is 21.7 Å². The summed E-state index contributed by atoms with van der Waals surface area (Å²) < 4.78 is 12.0. The van der Waals surface area contributed by atoms with Gasteiger partial charge in [0, 0.05) is 18.7 Å². The van der Waals surface area contributed by atoms with Crippen LogP contribution in [-0.2, 0) is 6.54 Å². The molecule has 0 saturated carbocycles. The zero-order valence-electron chi connectivity index (χ0n) is 15.4. The predicted octanol–water partition coefficient (Wildman–Crippen LogP) is 3.16. The molecule has 7 heteroatoms. The van der Waals surface area contributed by atoms with Gasteiger partial charge in [-0.3, -0.25) is 9.36 Å². The predicted molar refractivity (Wildman–Crippen MR) is 97.2 cm³/mol. The normalized spacial score (nSPS) is 12.8. The SMILES string of the molecule is CC(C)c1cc(C(=O)N[C@@H](Cn2c(=O)oc3ccccc32)C(C)C)on1. The lowest BCUT2D eigenvalue weighted by Crippen LogP contribution is -2.42. The van der Waals surface area contributed by atoms with Crippen LogP contribution in [0.1, 0.15) is 49.9 Å². The molecule has 1 atom stereocenters. The number of hydrogen-bond donors (Lipinski definition) is 1. The molecule has 0 saturated heterocycles. The number of nitrogens with one attached hydrogen (secondary N) is 1. The summed E-state index contributed by atoms with van der Waals surface area (Å²) in [7, 11) is 0. The molecule has 0 radical (unpaired) electrons. The lowest BCUT2D eigenvalue weighted by Gasteiger charge is -2.22. The number of amides is 1. The summed E-state index contributed by atoms with van der Waals surface area (Å²) in [6.07, 6.45) is 0. The largest absolute Gasteiger partial charge is 0.420 e. The van der Waals surface area contributed by atoms with Gasteiger partial charge in [-0.25, -0.2) is 4.79 Å². The molecule has 0 unspecified atom stereocenters. The molecule has 0 bridgehead atoms. The molecule has 26 heavy (non-hydrogen) atoms. The van der Waals surface area contributed by atoms with Crippen molar-refractivity contribution in [3.8, 4) is 0 Å². The van der Waals surface area contributed by atoms with Gasteiger partial charge in [-0.05, 0) is 24.0 Å². The molecule has 1 aromatic carbocycles. The van der Waals surface area contributed by atoms with Crippen molar-refractivity contribution in [2.45, 2.75) is 46.2 Å². The van der Waals surface area contributed by atoms with Crippen LogP contribution in [0.15, 0.2) is 44.1 Å². The molecule has 3 aromatic rings. The van der Waals surface area contributed by atoms with Gasteiger partial charge >= 0.3 is 5.76 Å². The van der Waals surface area contributed by atoms with Gasteiger partial charge in [-0.1, -0.05) is 45.0 Å². The highest BCUT2D eigenvalue weighted by molar-refractivity contribution is 5.91. The Hall–Kier alpha value is -2.83. The summed E-state index contributed by atoms with van der Waals surface area (Å²) in [6, 6.07) is 8.61. The van der Waals surface area contributed by atoms with Crippen molar-refractivity contribution in [1.29, 1.82) is 0 Å². The standard InChI is InChI=1S/C19H23N3O4/c1-11(2)13-9-17(26-21-13)18(23)20-14(12(3)4)10-22-15-7-5-6-8-16(15)25-19(22)24/h5-9,11-12,14H,10H2,1-4H3,(H,20,23)/t14-/m0/s1. The van der Waals surface area contributed by atoms with Crippen molar-refractivity contribution in [3.63, 3.8) is 0 Å². The molecule has 7 nitrogen and oxygen atoms in total. The smallest absolute Gasteiger partial charge is 0.408 e. The number of nitrogens with zero attached hydrogens (tertiary/aromatic N) is 2. The van der Waals surface area contributed by atoms with E-state index in [0.29, 0.717) is 17.6 Å². The summed E-state index contributed by atoms with van der Waals surface area (Å²) in [5, 5.41) is 6.85. The first kappa shape index (κ1) is 18.0. The lowest BCUT2D eigenvalue weighted by molar-refractivity contribution is 0.0882. The molecule has 138 valence electrons. The van der Waals surface area contributed by atoms with Crippen molar-refractivity contribution in [1.82, 2.24) is 15.0 Å². The average molecular weight is 357 g/mol. The van der Waals surface area contributed by atoms with E-state index in [9.17, 15) is 9.59 Å². The van der Waals surface area contributed by atoms with Gasteiger partial charge in [0.1, 0.15) is 0 Å². The van der Waals surface area contributed by atoms with Gasteiger partial charge in [-0.2, -0.15) is 0 Å². The maximum absolute atomic E-state index is 12.5. The molecular formula is C19H23N3O4. The van der Waals surface area contributed by atoms with E-state index in [-0.39, 0.29) is 29.5 Å². The van der Waals surface area contributed by atoms with Crippen molar-refractivity contribution in [3.05, 3.63) is 52.3 Å². The number of hydrogen-bond acceptors (Lipinski definition) is 5. The van der Waals surface area contributed by atoms with Gasteiger partial charge in [0.05, 0.1) is 11.2 Å². The topological polar surface area (TPSA) is 90.3 Å². The number of rotatable bonds is 6. The second-order valence-electron chi connectivity index (χ2n) is 7.04. The number of carbonyl (C=O) groups excluding carboxylic acids is 1. The summed E-state index contributed by atoms with van der Waals surface area (Å²) in [5.74, 6) is -0.329. The first-order valence-electron chi connectivity index (χ1n) is 8.72. The Labute approximate surface area is 151 Å². The summed E-state index contributed by atoms with van der Waals surface area (Å²) in [5.41, 5.74) is 1.97. The maximum Gasteiger partial charge on any atom is 0.420 e. The number of carbonyl (C=O) groups is 1. The monoisotopic (exact) mass is 357 g/mol. The number of benzene rings is 1. The Morgan fingerprint density at radius 3 is 2.62 bits per heavy atom. The van der Waals surface area contributed by atoms with Gasteiger partial charge in [0.2, 0.25) is 5.76 Å². The van der Waals surface area contributed by atoms with E-state index in [4.69, 9.17) is 8.94 Å². The Morgan fingerprint density at radius 2 is 1.96 bits per heavy atom. The Balaban J connectivity index is 1.81. The Kier molecular flexibility index (Phi) is 4.97. The van der Waals surface area contributed by atoms with Crippen LogP contribution < -0.4 is 11.1 Å². The van der Waals surface area contributed by atoms with Crippen molar-refractivity contribution in [2.75, 3.05) is 0 Å². The van der Waals surface area contributed by atoms with E-state index in [2.05, 4.69) is 10.5 Å². The maximum atomic E-state index is 12.5. The highest BCUT2D eigenvalue weighted by atomic mass is 16.5. The Morgan fingerprint density at radius 1 is 1.23 bits per heavy atom. The molecule has 1 amide bonds. The van der Waals surface area contributed by atoms with E-state index in [0.717, 1.165) is 5.69 Å². The molecule has 2 heterocycles. The van der Waals surface area contributed by atoms with Crippen LogP contribution in [0.4, 0.5) is 0 Å². The van der Waals surface area contributed by atoms with Crippen LogP contribution in [0.5, 0.6) is 0 Å². The number of para-hydroxylation sites is 2. The van der Waals surface area contributed by atoms with Gasteiger partial charge in [0.25, 0.3) is 5.91 Å². The van der Waals surface area contributed by atoms with Crippen molar-refractivity contribution >= 4 is 17.0 Å². The molecule has 2 aromatic heterocycles. The number of oxazole rings is 1.